The summed E-state index contributed by atoms with van der Waals surface area (Å²) in [5.74, 6) is 0.605. The monoisotopic (exact) mass is 337 g/mol. The molecule has 2 N–H and O–H groups in total. The topological polar surface area (TPSA) is 66.5 Å². The maximum atomic E-state index is 5.89. The van der Waals surface area contributed by atoms with E-state index in [1.165, 1.54) is 0 Å². The number of hydrogen-bond acceptors (Lipinski definition) is 4. The van der Waals surface area contributed by atoms with Crippen molar-refractivity contribution in [2.24, 2.45) is 0 Å². The number of nitrogens with one attached hydrogen (secondary N) is 2. The van der Waals surface area contributed by atoms with Crippen molar-refractivity contribution >= 4 is 50.2 Å². The first-order valence-corrected chi connectivity index (χ1v) is 6.71. The van der Waals surface area contributed by atoms with Crippen LogP contribution in [0.15, 0.2) is 29.0 Å². The molecule has 5 nitrogen and oxygen atoms in total. The van der Waals surface area contributed by atoms with E-state index in [2.05, 4.69) is 41.2 Å². The predicted octanol–water partition coefficient (Wildman–Crippen LogP) is 3.82. The Morgan fingerprint density at radius 1 is 1.32 bits per heavy atom. The van der Waals surface area contributed by atoms with Gasteiger partial charge < -0.3 is 10.3 Å². The highest BCUT2D eigenvalue weighted by Gasteiger charge is 2.10. The summed E-state index contributed by atoms with van der Waals surface area (Å²) >= 11 is 9.39. The van der Waals surface area contributed by atoms with Crippen LogP contribution in [-0.2, 0) is 0 Å². The highest BCUT2D eigenvalue weighted by molar-refractivity contribution is 9.10. The number of H-pyrrole nitrogens is 1. The summed E-state index contributed by atoms with van der Waals surface area (Å²) in [6, 6.07) is 5.91. The van der Waals surface area contributed by atoms with Crippen LogP contribution in [0.5, 0.6) is 0 Å². The normalized spacial score (nSPS) is 10.9. The summed E-state index contributed by atoms with van der Waals surface area (Å²) in [7, 11) is 0. The van der Waals surface area contributed by atoms with Crippen molar-refractivity contribution in [1.82, 2.24) is 19.9 Å². The van der Waals surface area contributed by atoms with E-state index in [1.54, 1.807) is 6.33 Å². The van der Waals surface area contributed by atoms with E-state index in [4.69, 9.17) is 11.6 Å². The lowest BCUT2D eigenvalue weighted by atomic mass is 10.2. The Kier molecular flexibility index (Phi) is 3.12. The van der Waals surface area contributed by atoms with Crippen LogP contribution in [0.2, 0.25) is 5.28 Å². The molecule has 0 fully saturated rings. The van der Waals surface area contributed by atoms with Gasteiger partial charge in [-0.15, -0.1) is 0 Å². The fourth-order valence-electron chi connectivity index (χ4n) is 1.77. The van der Waals surface area contributed by atoms with E-state index in [0.29, 0.717) is 11.5 Å². The zero-order chi connectivity index (χ0) is 13.4. The second-order valence-electron chi connectivity index (χ2n) is 3.98. The van der Waals surface area contributed by atoms with E-state index in [0.717, 1.165) is 21.2 Å². The van der Waals surface area contributed by atoms with Gasteiger partial charge >= 0.3 is 0 Å². The first kappa shape index (κ1) is 12.4. The SMILES string of the molecule is Cc1c(Br)cccc1Nc1nc(Cl)nc2nc[nH]c12. The third-order valence-corrected chi connectivity index (χ3v) is 3.81. The summed E-state index contributed by atoms with van der Waals surface area (Å²) in [4.78, 5) is 15.3. The van der Waals surface area contributed by atoms with E-state index < -0.39 is 0 Å². The van der Waals surface area contributed by atoms with Crippen molar-refractivity contribution in [3.8, 4) is 0 Å². The first-order valence-electron chi connectivity index (χ1n) is 5.54. The lowest BCUT2D eigenvalue weighted by Crippen LogP contribution is -1.99. The number of aromatic amines is 1. The summed E-state index contributed by atoms with van der Waals surface area (Å²) < 4.78 is 1.03. The number of anilines is 2. The van der Waals surface area contributed by atoms with Gasteiger partial charge in [0.2, 0.25) is 5.28 Å². The number of fused-ring (bicyclic) bond motifs is 1. The van der Waals surface area contributed by atoms with Crippen molar-refractivity contribution in [1.29, 1.82) is 0 Å². The predicted molar refractivity (Wildman–Crippen MR) is 78.9 cm³/mol. The van der Waals surface area contributed by atoms with Gasteiger partial charge in [-0.3, -0.25) is 0 Å². The summed E-state index contributed by atoms with van der Waals surface area (Å²) in [5, 5.41) is 3.41. The van der Waals surface area contributed by atoms with Gasteiger partial charge in [0.1, 0.15) is 5.52 Å². The van der Waals surface area contributed by atoms with Gasteiger partial charge in [0.15, 0.2) is 11.5 Å². The summed E-state index contributed by atoms with van der Waals surface area (Å²) in [6.45, 7) is 2.01. The molecule has 0 bridgehead atoms. The average Bonchev–Trinajstić information content (AvgIpc) is 2.83. The van der Waals surface area contributed by atoms with Crippen molar-refractivity contribution < 1.29 is 0 Å². The first-order chi connectivity index (χ1) is 9.15. The fourth-order valence-corrected chi connectivity index (χ4v) is 2.30. The van der Waals surface area contributed by atoms with Crippen LogP contribution in [0.1, 0.15) is 5.56 Å². The highest BCUT2D eigenvalue weighted by atomic mass is 79.9. The van der Waals surface area contributed by atoms with Crippen LogP contribution in [0.3, 0.4) is 0 Å². The molecule has 0 aliphatic carbocycles. The molecule has 7 heteroatoms. The zero-order valence-corrected chi connectivity index (χ0v) is 12.2. The van der Waals surface area contributed by atoms with Gasteiger partial charge in [0, 0.05) is 10.2 Å². The molecular weight excluding hydrogens is 330 g/mol. The minimum Gasteiger partial charge on any atom is -0.340 e. The standard InChI is InChI=1S/C12H9BrClN5/c1-6-7(13)3-2-4-8(6)17-11-9-10(16-5-15-9)18-12(14)19-11/h2-5H,1H3,(H2,15,16,17,18,19). The van der Waals surface area contributed by atoms with Crippen LogP contribution >= 0.6 is 27.5 Å². The minimum absolute atomic E-state index is 0.162. The number of benzene rings is 1. The lowest BCUT2D eigenvalue weighted by Gasteiger charge is -2.10. The molecule has 0 amide bonds. The van der Waals surface area contributed by atoms with E-state index in [9.17, 15) is 0 Å². The van der Waals surface area contributed by atoms with Gasteiger partial charge in [0.05, 0.1) is 6.33 Å². The Labute approximate surface area is 122 Å². The van der Waals surface area contributed by atoms with Crippen LogP contribution in [0.25, 0.3) is 11.2 Å². The maximum Gasteiger partial charge on any atom is 0.226 e. The van der Waals surface area contributed by atoms with Crippen LogP contribution in [0.4, 0.5) is 11.5 Å². The number of hydrogen-bond donors (Lipinski definition) is 2. The number of nitrogens with zero attached hydrogens (tertiary/aromatic N) is 3. The smallest absolute Gasteiger partial charge is 0.226 e. The molecule has 0 spiro atoms. The molecule has 1 aromatic carbocycles. The molecule has 0 aliphatic rings. The number of rotatable bonds is 2. The largest absolute Gasteiger partial charge is 0.340 e. The Hall–Kier alpha value is -1.66. The quantitative estimate of drug-likeness (QED) is 0.697. The van der Waals surface area contributed by atoms with Gasteiger partial charge in [-0.1, -0.05) is 22.0 Å². The molecular formula is C12H9BrClN5. The average molecular weight is 339 g/mol. The van der Waals surface area contributed by atoms with E-state index in [1.807, 2.05) is 25.1 Å². The van der Waals surface area contributed by atoms with Crippen LogP contribution < -0.4 is 5.32 Å². The molecule has 96 valence electrons. The molecule has 0 saturated heterocycles. The Morgan fingerprint density at radius 2 is 2.16 bits per heavy atom. The van der Waals surface area contributed by atoms with Gasteiger partial charge in [-0.05, 0) is 36.2 Å². The minimum atomic E-state index is 0.162. The molecule has 0 unspecified atom stereocenters. The second-order valence-corrected chi connectivity index (χ2v) is 5.17. The van der Waals surface area contributed by atoms with Crippen molar-refractivity contribution in [2.75, 3.05) is 5.32 Å². The number of halogens is 2. The van der Waals surface area contributed by atoms with Crippen molar-refractivity contribution in [2.45, 2.75) is 6.92 Å². The Morgan fingerprint density at radius 3 is 3.00 bits per heavy atom. The zero-order valence-electron chi connectivity index (χ0n) is 9.91. The van der Waals surface area contributed by atoms with Gasteiger partial charge in [0.25, 0.3) is 0 Å². The van der Waals surface area contributed by atoms with Gasteiger partial charge in [-0.2, -0.15) is 9.97 Å². The second kappa shape index (κ2) is 4.79. The molecule has 0 atom stereocenters. The highest BCUT2D eigenvalue weighted by Crippen LogP contribution is 2.28. The summed E-state index contributed by atoms with van der Waals surface area (Å²) in [5.41, 5.74) is 3.30. The fraction of sp³-hybridized carbons (Fsp3) is 0.0833. The number of imidazole rings is 1. The number of aromatic nitrogens is 4. The molecule has 3 aromatic rings. The van der Waals surface area contributed by atoms with Crippen molar-refractivity contribution in [3.63, 3.8) is 0 Å². The third kappa shape index (κ3) is 2.29. The van der Waals surface area contributed by atoms with Crippen molar-refractivity contribution in [3.05, 3.63) is 39.8 Å². The summed E-state index contributed by atoms with van der Waals surface area (Å²) in [6.07, 6.45) is 1.56. The Balaban J connectivity index is 2.10. The Bertz CT molecular complexity index is 755. The molecule has 2 heterocycles. The third-order valence-electron chi connectivity index (χ3n) is 2.78. The maximum absolute atomic E-state index is 5.89. The molecule has 3 rings (SSSR count). The molecule has 0 saturated carbocycles. The molecule has 0 radical (unpaired) electrons. The van der Waals surface area contributed by atoms with E-state index >= 15 is 0 Å². The van der Waals surface area contributed by atoms with Gasteiger partial charge in [-0.25, -0.2) is 4.98 Å². The molecule has 19 heavy (non-hydrogen) atoms. The molecule has 2 aromatic heterocycles. The van der Waals surface area contributed by atoms with E-state index in [-0.39, 0.29) is 5.28 Å². The van der Waals surface area contributed by atoms with Crippen LogP contribution in [0, 0.1) is 6.92 Å². The van der Waals surface area contributed by atoms with Crippen LogP contribution in [-0.4, -0.2) is 19.9 Å². The molecule has 0 aliphatic heterocycles. The lowest BCUT2D eigenvalue weighted by molar-refractivity contribution is 1.19.